The summed E-state index contributed by atoms with van der Waals surface area (Å²) in [6.07, 6.45) is 0. The summed E-state index contributed by atoms with van der Waals surface area (Å²) in [7, 11) is 0. The van der Waals surface area contributed by atoms with Crippen LogP contribution in [0.5, 0.6) is 0 Å². The summed E-state index contributed by atoms with van der Waals surface area (Å²) in [5, 5.41) is 10.8. The zero-order valence-electron chi connectivity index (χ0n) is 36.7. The molecular formula is C64H38N2OS. The summed E-state index contributed by atoms with van der Waals surface area (Å²) in [6, 6.07) is 82.8. The van der Waals surface area contributed by atoms with E-state index in [1.54, 1.807) is 11.3 Å². The van der Waals surface area contributed by atoms with Crippen LogP contribution in [-0.4, -0.2) is 9.97 Å². The summed E-state index contributed by atoms with van der Waals surface area (Å²) in [5.41, 5.74) is 14.9. The molecule has 14 aromatic rings. The van der Waals surface area contributed by atoms with Crippen molar-refractivity contribution in [3.8, 4) is 67.2 Å². The lowest BCUT2D eigenvalue weighted by molar-refractivity contribution is 0.669. The molecule has 3 nitrogen and oxygen atoms in total. The van der Waals surface area contributed by atoms with Crippen LogP contribution in [0.3, 0.4) is 0 Å². The molecule has 4 heteroatoms. The lowest BCUT2D eigenvalue weighted by Gasteiger charge is -2.12. The smallest absolute Gasteiger partial charge is 0.160 e. The third-order valence-corrected chi connectivity index (χ3v) is 14.8. The third kappa shape index (κ3) is 6.34. The maximum atomic E-state index is 6.53. The van der Waals surface area contributed by atoms with Gasteiger partial charge in [-0.15, -0.1) is 11.3 Å². The molecule has 0 saturated carbocycles. The maximum absolute atomic E-state index is 6.53. The van der Waals surface area contributed by atoms with Gasteiger partial charge in [0, 0.05) is 32.0 Å². The van der Waals surface area contributed by atoms with Crippen molar-refractivity contribution in [3.05, 3.63) is 231 Å². The monoisotopic (exact) mass is 882 g/mol. The lowest BCUT2D eigenvalue weighted by atomic mass is 9.92. The van der Waals surface area contributed by atoms with Crippen molar-refractivity contribution in [2.24, 2.45) is 0 Å². The Balaban J connectivity index is 0.934. The predicted molar refractivity (Wildman–Crippen MR) is 287 cm³/mol. The van der Waals surface area contributed by atoms with Gasteiger partial charge in [-0.2, -0.15) is 0 Å². The Bertz CT molecular complexity index is 4290. The van der Waals surface area contributed by atoms with Gasteiger partial charge in [0.25, 0.3) is 0 Å². The van der Waals surface area contributed by atoms with Gasteiger partial charge >= 0.3 is 0 Å². The zero-order chi connectivity index (χ0) is 44.7. The minimum absolute atomic E-state index is 0.676. The largest absolute Gasteiger partial charge is 0.456 e. The van der Waals surface area contributed by atoms with Crippen molar-refractivity contribution in [2.75, 3.05) is 0 Å². The standard InChI is InChI=1S/C64H38N2OS/c1-3-13-39(14-4-1)41-17-11-19-43(33-41)46-28-32-60-57(37-46)62-63(68-60)61(47-20-12-18-42(34-47)40-15-5-2-6-16-40)65-64(66-62)48-27-31-59-56(38-48)55-36-45(26-30-58(55)67-59)44-25-29-53-51-23-8-7-21-49(51)50-22-9-10-24-52(50)54(53)35-44/h1-38H. The Morgan fingerprint density at radius 2 is 0.706 bits per heavy atom. The minimum Gasteiger partial charge on any atom is -0.456 e. The molecule has 0 bridgehead atoms. The Labute approximate surface area is 395 Å². The van der Waals surface area contributed by atoms with Gasteiger partial charge in [0.2, 0.25) is 0 Å². The number of hydrogen-bond donors (Lipinski definition) is 0. The number of nitrogens with zero attached hydrogens (tertiary/aromatic N) is 2. The van der Waals surface area contributed by atoms with Gasteiger partial charge in [-0.1, -0.05) is 170 Å². The molecule has 0 amide bonds. The maximum Gasteiger partial charge on any atom is 0.160 e. The molecule has 0 saturated heterocycles. The number of furan rings is 1. The van der Waals surface area contributed by atoms with E-state index in [9.17, 15) is 0 Å². The Kier molecular flexibility index (Phi) is 8.76. The second-order valence-corrected chi connectivity index (χ2v) is 18.7. The van der Waals surface area contributed by atoms with E-state index in [4.69, 9.17) is 14.4 Å². The van der Waals surface area contributed by atoms with Gasteiger partial charge in [-0.25, -0.2) is 9.97 Å². The van der Waals surface area contributed by atoms with Gasteiger partial charge in [0.15, 0.2) is 5.82 Å². The van der Waals surface area contributed by atoms with E-state index in [0.29, 0.717) is 5.82 Å². The van der Waals surface area contributed by atoms with Crippen molar-refractivity contribution in [1.29, 1.82) is 0 Å². The molecule has 0 radical (unpaired) electrons. The third-order valence-electron chi connectivity index (χ3n) is 13.7. The molecule has 0 aliphatic rings. The molecule has 0 fully saturated rings. The van der Waals surface area contributed by atoms with Gasteiger partial charge in [-0.3, -0.25) is 0 Å². The Morgan fingerprint density at radius 1 is 0.279 bits per heavy atom. The first-order valence-corrected chi connectivity index (χ1v) is 23.8. The average Bonchev–Trinajstić information content (AvgIpc) is 3.98. The summed E-state index contributed by atoms with van der Waals surface area (Å²) in [6.45, 7) is 0. The quantitative estimate of drug-likeness (QED) is 0.156. The Morgan fingerprint density at radius 3 is 1.34 bits per heavy atom. The highest BCUT2D eigenvalue weighted by Gasteiger charge is 2.20. The molecule has 316 valence electrons. The van der Waals surface area contributed by atoms with Crippen molar-refractivity contribution in [2.45, 2.75) is 0 Å². The second-order valence-electron chi connectivity index (χ2n) is 17.7. The average molecular weight is 883 g/mol. The normalized spacial score (nSPS) is 11.8. The predicted octanol–water partition coefficient (Wildman–Crippen LogP) is 18.2. The molecule has 68 heavy (non-hydrogen) atoms. The Hall–Kier alpha value is -8.70. The lowest BCUT2D eigenvalue weighted by Crippen LogP contribution is -1.94. The van der Waals surface area contributed by atoms with Crippen LogP contribution in [0, 0.1) is 0 Å². The highest BCUT2D eigenvalue weighted by atomic mass is 32.1. The van der Waals surface area contributed by atoms with E-state index >= 15 is 0 Å². The van der Waals surface area contributed by atoms with Crippen LogP contribution in [0.15, 0.2) is 235 Å². The van der Waals surface area contributed by atoms with Crippen LogP contribution in [-0.2, 0) is 0 Å². The molecule has 0 aliphatic heterocycles. The van der Waals surface area contributed by atoms with E-state index in [1.165, 1.54) is 59.3 Å². The molecule has 0 atom stereocenters. The van der Waals surface area contributed by atoms with Crippen LogP contribution in [0.4, 0.5) is 0 Å². The SMILES string of the molecule is c1ccc(-c2cccc(-c3ccc4sc5c(-c6cccc(-c7ccccc7)c6)nc(-c6ccc7oc8ccc(-c9ccc%10c%11ccccc%11c%11ccccc%11c%10c9)cc8c7c6)nc5c4c3)c2)cc1. The molecule has 0 aliphatic carbocycles. The summed E-state index contributed by atoms with van der Waals surface area (Å²) < 4.78 is 8.77. The van der Waals surface area contributed by atoms with Crippen molar-refractivity contribution in [3.63, 3.8) is 0 Å². The number of rotatable bonds is 6. The first kappa shape index (κ1) is 38.6. The summed E-state index contributed by atoms with van der Waals surface area (Å²) >= 11 is 1.76. The van der Waals surface area contributed by atoms with Crippen LogP contribution in [0.2, 0.25) is 0 Å². The van der Waals surface area contributed by atoms with Gasteiger partial charge < -0.3 is 4.42 Å². The van der Waals surface area contributed by atoms with Crippen LogP contribution in [0.25, 0.3) is 142 Å². The van der Waals surface area contributed by atoms with E-state index in [1.807, 2.05) is 0 Å². The molecule has 0 unspecified atom stereocenters. The topological polar surface area (TPSA) is 38.9 Å². The first-order valence-electron chi connectivity index (χ1n) is 23.0. The van der Waals surface area contributed by atoms with Crippen LogP contribution < -0.4 is 0 Å². The number of hydrogen-bond acceptors (Lipinski definition) is 4. The fourth-order valence-electron chi connectivity index (χ4n) is 10.3. The van der Waals surface area contributed by atoms with Gasteiger partial charge in [0.1, 0.15) is 11.2 Å². The van der Waals surface area contributed by atoms with Gasteiger partial charge in [0.05, 0.1) is 15.9 Å². The van der Waals surface area contributed by atoms with Crippen LogP contribution >= 0.6 is 11.3 Å². The van der Waals surface area contributed by atoms with Crippen LogP contribution in [0.1, 0.15) is 0 Å². The number of benzene rings is 11. The minimum atomic E-state index is 0.676. The van der Waals surface area contributed by atoms with E-state index in [-0.39, 0.29) is 0 Å². The summed E-state index contributed by atoms with van der Waals surface area (Å²) in [5.74, 6) is 0.676. The van der Waals surface area contributed by atoms with Crippen molar-refractivity contribution >= 4 is 85.9 Å². The van der Waals surface area contributed by atoms with E-state index in [2.05, 4.69) is 231 Å². The van der Waals surface area contributed by atoms with E-state index in [0.717, 1.165) is 76.6 Å². The number of thiophene rings is 1. The molecule has 3 heterocycles. The molecule has 0 spiro atoms. The van der Waals surface area contributed by atoms with Crippen molar-refractivity contribution in [1.82, 2.24) is 9.97 Å². The number of aromatic nitrogens is 2. The van der Waals surface area contributed by atoms with E-state index < -0.39 is 0 Å². The zero-order valence-corrected chi connectivity index (χ0v) is 37.5. The highest BCUT2D eigenvalue weighted by Crippen LogP contribution is 2.44. The molecular weight excluding hydrogens is 845 g/mol. The molecule has 14 rings (SSSR count). The molecule has 11 aromatic carbocycles. The number of fused-ring (bicyclic) bond motifs is 12. The fourth-order valence-corrected chi connectivity index (χ4v) is 11.5. The second kappa shape index (κ2) is 15.5. The summed E-state index contributed by atoms with van der Waals surface area (Å²) in [4.78, 5) is 11.0. The molecule has 0 N–H and O–H groups in total. The molecule has 3 aromatic heterocycles. The van der Waals surface area contributed by atoms with Gasteiger partial charge in [-0.05, 0) is 137 Å². The highest BCUT2D eigenvalue weighted by molar-refractivity contribution is 7.26. The fraction of sp³-hybridized carbons (Fsp3) is 0. The van der Waals surface area contributed by atoms with Crippen molar-refractivity contribution < 1.29 is 4.42 Å². The first-order chi connectivity index (χ1) is 33.7.